The molecule has 3 aromatic rings. The highest BCUT2D eigenvalue weighted by Crippen LogP contribution is 2.45. The van der Waals surface area contributed by atoms with Crippen LogP contribution in [-0.4, -0.2) is 28.2 Å². The van der Waals surface area contributed by atoms with Crippen LogP contribution >= 0.6 is 0 Å². The molecule has 2 atom stereocenters. The Bertz CT molecular complexity index is 1150. The minimum atomic E-state index is -2.92. The third-order valence-electron chi connectivity index (χ3n) is 6.85. The van der Waals surface area contributed by atoms with E-state index >= 15 is 0 Å². The molecular weight excluding hydrogens is 457 g/mol. The number of halogens is 3. The van der Waals surface area contributed by atoms with Gasteiger partial charge in [-0.2, -0.15) is 0 Å². The van der Waals surface area contributed by atoms with Crippen LogP contribution in [0, 0.1) is 18.7 Å². The van der Waals surface area contributed by atoms with Gasteiger partial charge in [0.1, 0.15) is 37.9 Å². The summed E-state index contributed by atoms with van der Waals surface area (Å²) in [6, 6.07) is 14.5. The number of hydrogen-bond acceptors (Lipinski definition) is 3. The minimum Gasteiger partial charge on any atom is -0.459 e. The largest absolute Gasteiger partial charge is 0.459 e. The highest BCUT2D eigenvalue weighted by Gasteiger charge is 2.52. The van der Waals surface area contributed by atoms with Gasteiger partial charge in [-0.15, -0.1) is 0 Å². The van der Waals surface area contributed by atoms with Gasteiger partial charge >= 0.3 is 5.97 Å². The van der Waals surface area contributed by atoms with E-state index in [4.69, 9.17) is 4.74 Å². The predicted molar refractivity (Wildman–Crippen MR) is 123 cm³/mol. The first-order valence-corrected chi connectivity index (χ1v) is 11.8. The summed E-state index contributed by atoms with van der Waals surface area (Å²) in [7, 11) is 0. The Morgan fingerprint density at radius 3 is 2.60 bits per heavy atom. The zero-order chi connectivity index (χ0) is 25.1. The third kappa shape index (κ3) is 5.59. The number of rotatable bonds is 8. The Labute approximate surface area is 202 Å². The van der Waals surface area contributed by atoms with E-state index in [9.17, 15) is 23.1 Å². The third-order valence-corrected chi connectivity index (χ3v) is 6.85. The molecule has 4 rings (SSSR count). The monoisotopic (exact) mass is 487 g/mol. The van der Waals surface area contributed by atoms with Crippen LogP contribution in [0.15, 0.2) is 67.0 Å². The number of ether oxygens (including phenoxy) is 1. The van der Waals surface area contributed by atoms with Crippen molar-refractivity contribution in [3.63, 3.8) is 0 Å². The number of hydrogen-bond donors (Lipinski definition) is 1. The molecule has 1 aliphatic rings. The van der Waals surface area contributed by atoms with Crippen molar-refractivity contribution in [1.29, 1.82) is 0 Å². The molecule has 0 aliphatic heterocycles. The Morgan fingerprint density at radius 2 is 1.91 bits per heavy atom. The Morgan fingerprint density at radius 1 is 1.20 bits per heavy atom. The van der Waals surface area contributed by atoms with E-state index in [2.05, 4.69) is 0 Å². The fraction of sp³-hybridized carbons (Fsp3) is 0.407. The summed E-state index contributed by atoms with van der Waals surface area (Å²) in [4.78, 5) is 13.2. The lowest BCUT2D eigenvalue weighted by molar-refractivity contribution is -0.694. The average Bonchev–Trinajstić information content (AvgIpc) is 3.18. The Hall–Kier alpha value is -3.13. The van der Waals surface area contributed by atoms with Gasteiger partial charge in [0.25, 0.3) is 5.82 Å². The van der Waals surface area contributed by atoms with Gasteiger partial charge in [0.15, 0.2) is 5.60 Å². The van der Waals surface area contributed by atoms with Crippen LogP contribution in [0.3, 0.4) is 0 Å². The van der Waals surface area contributed by atoms with Gasteiger partial charge < -0.3 is 9.84 Å². The number of aliphatic hydroxyl groups is 1. The van der Waals surface area contributed by atoms with E-state index in [1.165, 1.54) is 12.1 Å². The molecule has 2 aromatic carbocycles. The quantitative estimate of drug-likeness (QED) is 0.375. The van der Waals surface area contributed by atoms with Gasteiger partial charge in [-0.1, -0.05) is 42.5 Å². The highest BCUT2D eigenvalue weighted by molar-refractivity contribution is 5.81. The fourth-order valence-corrected chi connectivity index (χ4v) is 4.82. The summed E-state index contributed by atoms with van der Waals surface area (Å²) in [5.74, 6) is -4.16. The maximum Gasteiger partial charge on any atom is 0.343 e. The molecule has 0 bridgehead atoms. The number of alkyl halides is 2. The van der Waals surface area contributed by atoms with Crippen molar-refractivity contribution in [3.8, 4) is 0 Å². The summed E-state index contributed by atoms with van der Waals surface area (Å²) in [5, 5.41) is 11.5. The second-order valence-electron chi connectivity index (χ2n) is 9.21. The summed E-state index contributed by atoms with van der Waals surface area (Å²) < 4.78 is 50.9. The maximum atomic E-state index is 14.2. The van der Waals surface area contributed by atoms with Crippen LogP contribution in [0.1, 0.15) is 42.6 Å². The molecule has 35 heavy (non-hydrogen) atoms. The van der Waals surface area contributed by atoms with Crippen LogP contribution < -0.4 is 4.57 Å². The molecule has 1 aromatic heterocycles. The van der Waals surface area contributed by atoms with Crippen molar-refractivity contribution < 1.29 is 32.4 Å². The summed E-state index contributed by atoms with van der Waals surface area (Å²) in [6.45, 7) is 2.78. The first kappa shape index (κ1) is 25.0. The second kappa shape index (κ2) is 10.2. The molecule has 1 N–H and O–H groups in total. The highest BCUT2D eigenvalue weighted by atomic mass is 19.3. The molecule has 1 aliphatic carbocycles. The van der Waals surface area contributed by atoms with Gasteiger partial charge in [0, 0.05) is 25.7 Å². The number of benzene rings is 2. The molecule has 1 heterocycles. The maximum absolute atomic E-state index is 14.2. The molecule has 1 fully saturated rings. The average molecular weight is 488 g/mol. The van der Waals surface area contributed by atoms with Crippen molar-refractivity contribution in [1.82, 2.24) is 4.57 Å². The van der Waals surface area contributed by atoms with Gasteiger partial charge in [-0.05, 0) is 36.1 Å². The number of nitrogens with zero attached hydrogens (tertiary/aromatic N) is 2. The van der Waals surface area contributed by atoms with E-state index < -0.39 is 29.8 Å². The van der Waals surface area contributed by atoms with Gasteiger partial charge in [-0.25, -0.2) is 27.1 Å². The molecule has 0 unspecified atom stereocenters. The fourth-order valence-electron chi connectivity index (χ4n) is 4.82. The van der Waals surface area contributed by atoms with Crippen LogP contribution in [0.4, 0.5) is 13.2 Å². The smallest absolute Gasteiger partial charge is 0.343 e. The summed E-state index contributed by atoms with van der Waals surface area (Å²) in [5.41, 5.74) is -0.929. The van der Waals surface area contributed by atoms with E-state index in [0.29, 0.717) is 19.5 Å². The molecule has 186 valence electrons. The van der Waals surface area contributed by atoms with Crippen molar-refractivity contribution in [2.75, 3.05) is 6.61 Å². The minimum absolute atomic E-state index is 0.0246. The summed E-state index contributed by atoms with van der Waals surface area (Å²) in [6.07, 6.45) is 3.47. The van der Waals surface area contributed by atoms with Crippen molar-refractivity contribution in [2.45, 2.75) is 57.2 Å². The first-order valence-electron chi connectivity index (χ1n) is 11.8. The molecule has 1 saturated carbocycles. The van der Waals surface area contributed by atoms with Crippen LogP contribution in [-0.2, 0) is 28.2 Å². The van der Waals surface area contributed by atoms with E-state index in [1.807, 2.05) is 28.5 Å². The lowest BCUT2D eigenvalue weighted by Crippen LogP contribution is -2.48. The topological polar surface area (TPSA) is 55.3 Å². The van der Waals surface area contributed by atoms with Crippen LogP contribution in [0.25, 0.3) is 0 Å². The molecule has 0 amide bonds. The van der Waals surface area contributed by atoms with Crippen LogP contribution in [0.5, 0.6) is 0 Å². The van der Waals surface area contributed by atoms with E-state index in [1.54, 1.807) is 42.5 Å². The normalized spacial score (nSPS) is 19.2. The van der Waals surface area contributed by atoms with Gasteiger partial charge in [0.05, 0.1) is 0 Å². The number of carbonyl (C=O) groups excluding carboxylic acids is 1. The first-order chi connectivity index (χ1) is 16.7. The molecule has 5 nitrogen and oxygen atoms in total. The predicted octanol–water partition coefficient (Wildman–Crippen LogP) is 4.53. The lowest BCUT2D eigenvalue weighted by atomic mass is 9.72. The Balaban J connectivity index is 1.44. The van der Waals surface area contributed by atoms with Crippen molar-refractivity contribution in [2.24, 2.45) is 5.92 Å². The molecule has 0 spiro atoms. The van der Waals surface area contributed by atoms with Gasteiger partial charge in [-0.3, -0.25) is 0 Å². The second-order valence-corrected chi connectivity index (χ2v) is 9.21. The molecule has 0 radical (unpaired) electrons. The van der Waals surface area contributed by atoms with Gasteiger partial charge in [0.2, 0.25) is 5.92 Å². The number of carbonyl (C=O) groups is 1. The lowest BCUT2D eigenvalue weighted by Gasteiger charge is -2.39. The zero-order valence-corrected chi connectivity index (χ0v) is 19.7. The number of esters is 1. The number of aromatic nitrogens is 2. The summed E-state index contributed by atoms with van der Waals surface area (Å²) >= 11 is 0. The zero-order valence-electron chi connectivity index (χ0n) is 19.7. The van der Waals surface area contributed by atoms with E-state index in [-0.39, 0.29) is 30.8 Å². The van der Waals surface area contributed by atoms with Crippen LogP contribution in [0.2, 0.25) is 0 Å². The van der Waals surface area contributed by atoms with E-state index in [0.717, 1.165) is 11.4 Å². The molecule has 0 saturated heterocycles. The standard InChI is InChI=1S/C27H30F3N2O3/c1-20-31(14-15-32(20)19-21-9-11-24(28)12-10-21)16-17-35-25(33)27(34,22-6-3-2-4-7-22)23-8-5-13-26(29,30)18-23/h2-4,6-7,9-12,14-15,23,34H,5,8,13,16-19H2,1H3/q+1/t23-,27+/m1/s1. The SMILES string of the molecule is Cc1n(CCOC(=O)[C@](O)(c2ccccc2)[C@@H]2CCCC(F)(F)C2)cc[n+]1Cc1ccc(F)cc1. The Kier molecular flexibility index (Phi) is 7.31. The van der Waals surface area contributed by atoms with Crippen molar-refractivity contribution >= 4 is 5.97 Å². The molecule has 8 heteroatoms. The van der Waals surface area contributed by atoms with Crippen molar-refractivity contribution in [3.05, 3.63) is 89.8 Å². The number of imidazole rings is 1. The molecular formula is C27H30F3N2O3+.